The number of hydrogen-bond donors (Lipinski definition) is 3. The van der Waals surface area contributed by atoms with E-state index in [1.807, 2.05) is 44.2 Å². The molecule has 226 valence electrons. The molecule has 0 aromatic heterocycles. The van der Waals surface area contributed by atoms with Crippen LogP contribution in [0.2, 0.25) is 0 Å². The highest BCUT2D eigenvalue weighted by Crippen LogP contribution is 2.19. The van der Waals surface area contributed by atoms with Crippen LogP contribution >= 0.6 is 0 Å². The highest BCUT2D eigenvalue weighted by atomic mass is 16.5. The third-order valence-corrected chi connectivity index (χ3v) is 7.29. The van der Waals surface area contributed by atoms with Gasteiger partial charge in [0, 0.05) is 33.7 Å². The van der Waals surface area contributed by atoms with E-state index >= 15 is 0 Å². The Morgan fingerprint density at radius 2 is 1.73 bits per heavy atom. The first kappa shape index (κ1) is 32.0. The Balaban J connectivity index is 1.96. The minimum absolute atomic E-state index is 0.0105. The number of ether oxygens (including phenoxy) is 2. The minimum atomic E-state index is -1.15. The summed E-state index contributed by atoms with van der Waals surface area (Å²) in [5, 5.41) is 8.36. The third kappa shape index (κ3) is 8.74. The minimum Gasteiger partial charge on any atom is -0.369 e. The van der Waals surface area contributed by atoms with Gasteiger partial charge in [-0.1, -0.05) is 44.2 Å². The molecule has 12 heteroatoms. The summed E-state index contributed by atoms with van der Waals surface area (Å²) in [5.41, 5.74) is -0.332. The summed E-state index contributed by atoms with van der Waals surface area (Å²) in [7, 11) is 2.91. The van der Waals surface area contributed by atoms with E-state index in [1.165, 1.54) is 24.0 Å². The first-order valence-electron chi connectivity index (χ1n) is 14.0. The summed E-state index contributed by atoms with van der Waals surface area (Å²) in [4.78, 5) is 69.2. The second-order valence-electron chi connectivity index (χ2n) is 11.6. The molecule has 5 amide bonds. The summed E-state index contributed by atoms with van der Waals surface area (Å²) in [5.74, 6) is -2.19. The summed E-state index contributed by atoms with van der Waals surface area (Å²) < 4.78 is 11.5. The maximum atomic E-state index is 13.6. The second-order valence-corrected chi connectivity index (χ2v) is 11.6. The lowest BCUT2D eigenvalue weighted by Gasteiger charge is -2.40. The molecule has 2 aliphatic heterocycles. The van der Waals surface area contributed by atoms with Crippen LogP contribution in [0.25, 0.3) is 0 Å². The molecule has 0 saturated carbocycles. The molecule has 41 heavy (non-hydrogen) atoms. The van der Waals surface area contributed by atoms with Crippen molar-refractivity contribution in [1.29, 1.82) is 0 Å². The normalized spacial score (nSPS) is 25.1. The van der Waals surface area contributed by atoms with Gasteiger partial charge in [0.1, 0.15) is 17.7 Å². The van der Waals surface area contributed by atoms with Gasteiger partial charge in [-0.15, -0.1) is 0 Å². The predicted molar refractivity (Wildman–Crippen MR) is 150 cm³/mol. The molecular weight excluding hydrogens is 530 g/mol. The summed E-state index contributed by atoms with van der Waals surface area (Å²) in [6.07, 6.45) is -1.25. The molecule has 2 heterocycles. The SMILES string of the molecule is COC(C)(C)C(=O)N1C[C@H]2CNC(=O)[C@H](CC(C)C)NC(=O)CN(C)C(=O)[C@@H](Cc3ccccc3)NC(=O)[C@@H](C1)O2. The Morgan fingerprint density at radius 1 is 1.05 bits per heavy atom. The lowest BCUT2D eigenvalue weighted by atomic mass is 10.0. The van der Waals surface area contributed by atoms with Crippen LogP contribution in [0.15, 0.2) is 30.3 Å². The van der Waals surface area contributed by atoms with E-state index in [2.05, 4.69) is 16.0 Å². The number of morpholine rings is 1. The van der Waals surface area contributed by atoms with E-state index < -0.39 is 53.5 Å². The van der Waals surface area contributed by atoms with Crippen LogP contribution in [0.5, 0.6) is 0 Å². The molecule has 12 nitrogen and oxygen atoms in total. The van der Waals surface area contributed by atoms with Gasteiger partial charge in [-0.2, -0.15) is 0 Å². The van der Waals surface area contributed by atoms with E-state index in [0.29, 0.717) is 6.42 Å². The van der Waals surface area contributed by atoms with E-state index in [0.717, 1.165) is 5.56 Å². The highest BCUT2D eigenvalue weighted by Gasteiger charge is 2.41. The fourth-order valence-electron chi connectivity index (χ4n) is 4.88. The molecule has 2 aliphatic rings. The van der Waals surface area contributed by atoms with Gasteiger partial charge in [-0.05, 0) is 31.7 Å². The molecule has 3 N–H and O–H groups in total. The van der Waals surface area contributed by atoms with E-state index in [4.69, 9.17) is 9.47 Å². The van der Waals surface area contributed by atoms with Crippen molar-refractivity contribution in [3.63, 3.8) is 0 Å². The van der Waals surface area contributed by atoms with Crippen LogP contribution in [-0.4, -0.2) is 110 Å². The Morgan fingerprint density at radius 3 is 2.37 bits per heavy atom. The van der Waals surface area contributed by atoms with Gasteiger partial charge in [0.25, 0.3) is 11.8 Å². The van der Waals surface area contributed by atoms with Crippen LogP contribution in [0.3, 0.4) is 0 Å². The van der Waals surface area contributed by atoms with Crippen LogP contribution in [0, 0.1) is 5.92 Å². The Labute approximate surface area is 241 Å². The zero-order valence-corrected chi connectivity index (χ0v) is 24.8. The predicted octanol–water partition coefficient (Wildman–Crippen LogP) is -0.146. The number of hydrogen-bond acceptors (Lipinski definition) is 7. The number of methoxy groups -OCH3 is 1. The second kappa shape index (κ2) is 13.9. The van der Waals surface area contributed by atoms with Crippen molar-refractivity contribution in [2.75, 3.05) is 40.3 Å². The van der Waals surface area contributed by atoms with Gasteiger partial charge in [0.2, 0.25) is 17.7 Å². The molecule has 2 saturated heterocycles. The quantitative estimate of drug-likeness (QED) is 0.429. The monoisotopic (exact) mass is 573 g/mol. The van der Waals surface area contributed by atoms with Gasteiger partial charge in [0.15, 0.2) is 6.10 Å². The number of amides is 5. The Hall–Kier alpha value is -3.51. The van der Waals surface area contributed by atoms with Crippen LogP contribution in [0.1, 0.15) is 39.7 Å². The fraction of sp³-hybridized carbons (Fsp3) is 0.621. The van der Waals surface area contributed by atoms with Crippen molar-refractivity contribution in [2.45, 2.75) is 70.4 Å². The molecule has 0 spiro atoms. The fourth-order valence-corrected chi connectivity index (χ4v) is 4.88. The molecule has 0 unspecified atom stereocenters. The molecule has 0 radical (unpaired) electrons. The molecule has 2 fully saturated rings. The number of carbonyl (C=O) groups is 5. The Kier molecular flexibility index (Phi) is 10.9. The Bertz CT molecular complexity index is 1110. The van der Waals surface area contributed by atoms with Crippen molar-refractivity contribution in [3.8, 4) is 0 Å². The summed E-state index contributed by atoms with van der Waals surface area (Å²) >= 11 is 0. The number of benzene rings is 1. The van der Waals surface area contributed by atoms with Crippen LogP contribution in [0.4, 0.5) is 0 Å². The number of fused-ring (bicyclic) bond motifs is 2. The lowest BCUT2D eigenvalue weighted by Crippen LogP contribution is -2.62. The van der Waals surface area contributed by atoms with Gasteiger partial charge in [-0.25, -0.2) is 0 Å². The van der Waals surface area contributed by atoms with Crippen LogP contribution in [-0.2, 0) is 39.9 Å². The number of carbonyl (C=O) groups excluding carboxylic acids is 5. The number of nitrogens with one attached hydrogen (secondary N) is 3. The third-order valence-electron chi connectivity index (χ3n) is 7.29. The zero-order chi connectivity index (χ0) is 30.3. The van der Waals surface area contributed by atoms with E-state index in [1.54, 1.807) is 13.8 Å². The van der Waals surface area contributed by atoms with Crippen LogP contribution < -0.4 is 16.0 Å². The highest BCUT2D eigenvalue weighted by molar-refractivity contribution is 5.94. The van der Waals surface area contributed by atoms with E-state index in [9.17, 15) is 24.0 Å². The lowest BCUT2D eigenvalue weighted by molar-refractivity contribution is -0.168. The maximum absolute atomic E-state index is 13.6. The molecular formula is C29H43N5O7. The number of rotatable bonds is 6. The van der Waals surface area contributed by atoms with Crippen molar-refractivity contribution in [2.24, 2.45) is 5.92 Å². The average molecular weight is 574 g/mol. The first-order valence-corrected chi connectivity index (χ1v) is 14.0. The van der Waals surface area contributed by atoms with Crippen molar-refractivity contribution >= 4 is 29.5 Å². The topological polar surface area (TPSA) is 146 Å². The number of nitrogens with zero attached hydrogens (tertiary/aromatic N) is 2. The van der Waals surface area contributed by atoms with Crippen molar-refractivity contribution in [1.82, 2.24) is 25.8 Å². The molecule has 1 aromatic carbocycles. The molecule has 0 aliphatic carbocycles. The van der Waals surface area contributed by atoms with E-state index in [-0.39, 0.29) is 44.4 Å². The first-order chi connectivity index (χ1) is 19.3. The molecule has 3 rings (SSSR count). The van der Waals surface area contributed by atoms with Gasteiger partial charge < -0.3 is 35.2 Å². The van der Waals surface area contributed by atoms with Gasteiger partial charge in [-0.3, -0.25) is 24.0 Å². The van der Waals surface area contributed by atoms with Gasteiger partial charge >= 0.3 is 0 Å². The summed E-state index contributed by atoms with van der Waals surface area (Å²) in [6, 6.07) is 7.37. The smallest absolute Gasteiger partial charge is 0.254 e. The molecule has 4 atom stereocenters. The average Bonchev–Trinajstić information content (AvgIpc) is 2.93. The largest absolute Gasteiger partial charge is 0.369 e. The summed E-state index contributed by atoms with van der Waals surface area (Å²) in [6.45, 7) is 6.92. The standard InChI is InChI=1S/C29H43N5O7/c1-18(2)12-21-25(36)30-14-20-15-34(28(39)29(3,4)40-6)16-23(41-20)26(37)32-22(13-19-10-8-7-9-11-19)27(38)33(5)17-24(35)31-21/h7-11,18,20-23H,12-17H2,1-6H3,(H,30,36)(H,31,35)(H,32,37)/t20-,21+,22-,23-/m1/s1. The zero-order valence-electron chi connectivity index (χ0n) is 24.8. The molecule has 2 bridgehead atoms. The van der Waals surface area contributed by atoms with Crippen molar-refractivity contribution in [3.05, 3.63) is 35.9 Å². The maximum Gasteiger partial charge on any atom is 0.254 e. The van der Waals surface area contributed by atoms with Crippen molar-refractivity contribution < 1.29 is 33.4 Å². The van der Waals surface area contributed by atoms with Gasteiger partial charge in [0.05, 0.1) is 19.2 Å². The molecule has 1 aromatic rings. The number of likely N-dealkylation sites (N-methyl/N-ethyl adjacent to an activating group) is 1.